The van der Waals surface area contributed by atoms with Crippen LogP contribution in [0.1, 0.15) is 10.4 Å². The molecule has 2 aromatic rings. The third-order valence-electron chi connectivity index (χ3n) is 2.65. The van der Waals surface area contributed by atoms with Crippen LogP contribution in [0.15, 0.2) is 32.5 Å². The number of rotatable bonds is 6. The highest BCUT2D eigenvalue weighted by Crippen LogP contribution is 2.37. The second-order valence-electron chi connectivity index (χ2n) is 4.16. The molecule has 6 heteroatoms. The van der Waals surface area contributed by atoms with E-state index in [2.05, 4.69) is 43.2 Å². The monoisotopic (exact) mass is 419 g/mol. The van der Waals surface area contributed by atoms with Crippen molar-refractivity contribution in [2.45, 2.75) is 13.2 Å². The first kappa shape index (κ1) is 15.8. The topological polar surface area (TPSA) is 30.5 Å². The summed E-state index contributed by atoms with van der Waals surface area (Å²) in [7, 11) is 3.57. The average Bonchev–Trinajstić information content (AvgIpc) is 2.83. The lowest BCUT2D eigenvalue weighted by atomic mass is 10.2. The number of hydrogen-bond acceptors (Lipinski definition) is 4. The van der Waals surface area contributed by atoms with Gasteiger partial charge in [-0.05, 0) is 62.7 Å². The SMILES string of the molecule is CNCc1cc(Br)c(OCc2cc(Br)cs2)c(OC)c1. The molecule has 1 heterocycles. The molecule has 0 bridgehead atoms. The zero-order valence-electron chi connectivity index (χ0n) is 11.2. The van der Waals surface area contributed by atoms with Crippen molar-refractivity contribution in [2.24, 2.45) is 0 Å². The van der Waals surface area contributed by atoms with Gasteiger partial charge < -0.3 is 14.8 Å². The largest absolute Gasteiger partial charge is 0.493 e. The molecule has 0 aliphatic heterocycles. The van der Waals surface area contributed by atoms with E-state index in [4.69, 9.17) is 9.47 Å². The average molecular weight is 421 g/mol. The molecule has 1 aromatic carbocycles. The molecule has 108 valence electrons. The van der Waals surface area contributed by atoms with Crippen LogP contribution in [0.5, 0.6) is 11.5 Å². The molecular weight excluding hydrogens is 406 g/mol. The van der Waals surface area contributed by atoms with E-state index in [1.807, 2.05) is 24.6 Å². The van der Waals surface area contributed by atoms with Gasteiger partial charge in [0.15, 0.2) is 11.5 Å². The van der Waals surface area contributed by atoms with E-state index in [9.17, 15) is 0 Å². The van der Waals surface area contributed by atoms with Gasteiger partial charge in [-0.2, -0.15) is 0 Å². The summed E-state index contributed by atoms with van der Waals surface area (Å²) in [5.74, 6) is 1.47. The van der Waals surface area contributed by atoms with E-state index >= 15 is 0 Å². The second kappa shape index (κ2) is 7.45. The summed E-state index contributed by atoms with van der Waals surface area (Å²) < 4.78 is 13.3. The summed E-state index contributed by atoms with van der Waals surface area (Å²) in [4.78, 5) is 1.16. The minimum Gasteiger partial charge on any atom is -0.493 e. The highest BCUT2D eigenvalue weighted by Gasteiger charge is 2.12. The number of halogens is 2. The molecule has 0 saturated carbocycles. The van der Waals surface area contributed by atoms with E-state index in [1.54, 1.807) is 18.4 Å². The van der Waals surface area contributed by atoms with E-state index in [1.165, 1.54) is 0 Å². The fraction of sp³-hybridized carbons (Fsp3) is 0.286. The van der Waals surface area contributed by atoms with Crippen LogP contribution in [0.4, 0.5) is 0 Å². The van der Waals surface area contributed by atoms with Crippen LogP contribution in [0.25, 0.3) is 0 Å². The zero-order chi connectivity index (χ0) is 14.5. The molecular formula is C14H15Br2NO2S. The Bertz CT molecular complexity index is 587. The van der Waals surface area contributed by atoms with Gasteiger partial charge in [0, 0.05) is 21.3 Å². The molecule has 1 aromatic heterocycles. The molecule has 3 nitrogen and oxygen atoms in total. The van der Waals surface area contributed by atoms with Crippen LogP contribution in [-0.2, 0) is 13.2 Å². The third kappa shape index (κ3) is 3.97. The molecule has 20 heavy (non-hydrogen) atoms. The maximum absolute atomic E-state index is 5.89. The lowest BCUT2D eigenvalue weighted by Crippen LogP contribution is -2.06. The number of hydrogen-bond donors (Lipinski definition) is 1. The number of nitrogens with one attached hydrogen (secondary N) is 1. The van der Waals surface area contributed by atoms with Crippen molar-refractivity contribution in [3.05, 3.63) is 43.0 Å². The highest BCUT2D eigenvalue weighted by atomic mass is 79.9. The van der Waals surface area contributed by atoms with Crippen molar-refractivity contribution in [2.75, 3.05) is 14.2 Å². The first-order valence-corrected chi connectivity index (χ1v) is 8.47. The fourth-order valence-electron chi connectivity index (χ4n) is 1.79. The van der Waals surface area contributed by atoms with Crippen molar-refractivity contribution >= 4 is 43.2 Å². The highest BCUT2D eigenvalue weighted by molar-refractivity contribution is 9.10. The van der Waals surface area contributed by atoms with Crippen molar-refractivity contribution in [3.8, 4) is 11.5 Å². The summed E-state index contributed by atoms with van der Waals surface area (Å²) in [5, 5.41) is 5.16. The minimum absolute atomic E-state index is 0.524. The molecule has 0 spiro atoms. The Balaban J connectivity index is 2.17. The molecule has 2 rings (SSSR count). The Kier molecular flexibility index (Phi) is 5.89. The van der Waals surface area contributed by atoms with E-state index < -0.39 is 0 Å². The summed E-state index contributed by atoms with van der Waals surface area (Å²) in [6.07, 6.45) is 0. The Labute approximate surface area is 139 Å². The van der Waals surface area contributed by atoms with Gasteiger partial charge in [0.2, 0.25) is 0 Å². The van der Waals surface area contributed by atoms with Crippen molar-refractivity contribution in [1.29, 1.82) is 0 Å². The van der Waals surface area contributed by atoms with Crippen LogP contribution < -0.4 is 14.8 Å². The summed E-state index contributed by atoms with van der Waals surface area (Å²) in [5.41, 5.74) is 1.14. The summed E-state index contributed by atoms with van der Waals surface area (Å²) in [6.45, 7) is 1.31. The lowest BCUT2D eigenvalue weighted by molar-refractivity contribution is 0.285. The normalized spacial score (nSPS) is 10.6. The minimum atomic E-state index is 0.524. The third-order valence-corrected chi connectivity index (χ3v) is 4.91. The summed E-state index contributed by atoms with van der Waals surface area (Å²) >= 11 is 8.65. The van der Waals surface area contributed by atoms with Crippen LogP contribution in [0, 0.1) is 0 Å². The van der Waals surface area contributed by atoms with Gasteiger partial charge in [-0.25, -0.2) is 0 Å². The van der Waals surface area contributed by atoms with Gasteiger partial charge in [0.25, 0.3) is 0 Å². The Morgan fingerprint density at radius 3 is 2.65 bits per heavy atom. The Morgan fingerprint density at radius 1 is 1.25 bits per heavy atom. The molecule has 0 aliphatic rings. The molecule has 0 saturated heterocycles. The molecule has 0 amide bonds. The van der Waals surface area contributed by atoms with Gasteiger partial charge in [0.1, 0.15) is 6.61 Å². The maximum atomic E-state index is 5.89. The van der Waals surface area contributed by atoms with Gasteiger partial charge in [0.05, 0.1) is 11.6 Å². The first-order chi connectivity index (χ1) is 9.63. The van der Waals surface area contributed by atoms with Crippen LogP contribution >= 0.6 is 43.2 Å². The fourth-order valence-corrected chi connectivity index (χ4v) is 3.76. The standard InChI is InChI=1S/C14H15Br2NO2S/c1-17-6-9-3-12(16)14(13(4-9)18-2)19-7-11-5-10(15)8-20-11/h3-5,8,17H,6-7H2,1-2H3. The first-order valence-electron chi connectivity index (χ1n) is 6.00. The number of benzene rings is 1. The van der Waals surface area contributed by atoms with Crippen LogP contribution in [0.3, 0.4) is 0 Å². The number of methoxy groups -OCH3 is 1. The van der Waals surface area contributed by atoms with Gasteiger partial charge in [-0.1, -0.05) is 0 Å². The van der Waals surface area contributed by atoms with Crippen molar-refractivity contribution in [3.63, 3.8) is 0 Å². The summed E-state index contributed by atoms with van der Waals surface area (Å²) in [6, 6.07) is 6.08. The van der Waals surface area contributed by atoms with Gasteiger partial charge >= 0.3 is 0 Å². The molecule has 0 unspecified atom stereocenters. The number of thiophene rings is 1. The Hall–Kier alpha value is -0.560. The molecule has 0 aliphatic carbocycles. The predicted molar refractivity (Wildman–Crippen MR) is 89.8 cm³/mol. The predicted octanol–water partition coefficient (Wildman–Crippen LogP) is 4.58. The maximum Gasteiger partial charge on any atom is 0.175 e. The smallest absolute Gasteiger partial charge is 0.175 e. The van der Waals surface area contributed by atoms with Gasteiger partial charge in [-0.15, -0.1) is 11.3 Å². The Morgan fingerprint density at radius 2 is 2.05 bits per heavy atom. The van der Waals surface area contributed by atoms with Crippen LogP contribution in [-0.4, -0.2) is 14.2 Å². The van der Waals surface area contributed by atoms with Crippen LogP contribution in [0.2, 0.25) is 0 Å². The van der Waals surface area contributed by atoms with Crippen molar-refractivity contribution < 1.29 is 9.47 Å². The van der Waals surface area contributed by atoms with Gasteiger partial charge in [-0.3, -0.25) is 0 Å². The zero-order valence-corrected chi connectivity index (χ0v) is 15.2. The van der Waals surface area contributed by atoms with Crippen molar-refractivity contribution in [1.82, 2.24) is 5.32 Å². The second-order valence-corrected chi connectivity index (χ2v) is 6.93. The quantitative estimate of drug-likeness (QED) is 0.741. The van der Waals surface area contributed by atoms with E-state index in [0.29, 0.717) is 6.61 Å². The molecule has 0 radical (unpaired) electrons. The van der Waals surface area contributed by atoms with E-state index in [0.717, 1.165) is 37.4 Å². The molecule has 1 N–H and O–H groups in total. The lowest BCUT2D eigenvalue weighted by Gasteiger charge is -2.14. The molecule has 0 fully saturated rings. The van der Waals surface area contributed by atoms with E-state index in [-0.39, 0.29) is 0 Å². The number of ether oxygens (including phenoxy) is 2. The molecule has 0 atom stereocenters.